The Morgan fingerprint density at radius 2 is 1.85 bits per heavy atom. The summed E-state index contributed by atoms with van der Waals surface area (Å²) in [6.07, 6.45) is 0.111. The molecule has 1 amide bonds. The third-order valence-corrected chi connectivity index (χ3v) is 2.90. The molecule has 5 heteroatoms. The molecule has 3 nitrogen and oxygen atoms in total. The van der Waals surface area contributed by atoms with Gasteiger partial charge in [0.15, 0.2) is 11.6 Å². The molecule has 20 heavy (non-hydrogen) atoms. The van der Waals surface area contributed by atoms with Crippen LogP contribution in [-0.2, 0) is 4.79 Å². The second kappa shape index (κ2) is 6.91. The van der Waals surface area contributed by atoms with E-state index in [9.17, 15) is 9.18 Å². The number of halogens is 2. The molecule has 0 saturated carbocycles. The molecule has 0 aliphatic rings. The fourth-order valence-electron chi connectivity index (χ4n) is 1.59. The molecule has 2 aromatic rings. The number of amides is 1. The topological polar surface area (TPSA) is 38.3 Å². The maximum Gasteiger partial charge on any atom is 0.227 e. The number of anilines is 1. The number of hydrogen-bond acceptors (Lipinski definition) is 2. The highest BCUT2D eigenvalue weighted by Gasteiger charge is 2.07. The number of hydrogen-bond donors (Lipinski definition) is 1. The fourth-order valence-corrected chi connectivity index (χ4v) is 1.77. The molecular weight excluding hydrogens is 281 g/mol. The molecule has 0 aliphatic carbocycles. The van der Waals surface area contributed by atoms with Gasteiger partial charge in [-0.3, -0.25) is 4.79 Å². The molecule has 0 radical (unpaired) electrons. The number of benzene rings is 2. The Kier molecular flexibility index (Phi) is 4.96. The normalized spacial score (nSPS) is 10.1. The number of para-hydroxylation sites is 2. The standard InChI is InChI=1S/C15H13ClFNO2/c16-11-5-1-3-7-13(11)18-15(19)9-10-20-14-8-4-2-6-12(14)17/h1-8H,9-10H2,(H,18,19). The summed E-state index contributed by atoms with van der Waals surface area (Å²) < 4.78 is 18.5. The van der Waals surface area contributed by atoms with Crippen molar-refractivity contribution in [1.82, 2.24) is 0 Å². The number of rotatable bonds is 5. The molecule has 2 aromatic carbocycles. The van der Waals surface area contributed by atoms with Crippen LogP contribution >= 0.6 is 11.6 Å². The summed E-state index contributed by atoms with van der Waals surface area (Å²) >= 11 is 5.92. The number of nitrogens with one attached hydrogen (secondary N) is 1. The summed E-state index contributed by atoms with van der Waals surface area (Å²) in [6, 6.07) is 13.0. The third-order valence-electron chi connectivity index (χ3n) is 2.57. The molecule has 0 fully saturated rings. The first-order valence-electron chi connectivity index (χ1n) is 6.08. The van der Waals surface area contributed by atoms with Gasteiger partial charge in [-0.05, 0) is 24.3 Å². The summed E-state index contributed by atoms with van der Waals surface area (Å²) in [5.41, 5.74) is 0.546. The minimum atomic E-state index is -0.445. The van der Waals surface area contributed by atoms with Crippen LogP contribution in [0.5, 0.6) is 5.75 Å². The summed E-state index contributed by atoms with van der Waals surface area (Å²) in [5, 5.41) is 3.13. The van der Waals surface area contributed by atoms with E-state index in [2.05, 4.69) is 5.32 Å². The zero-order valence-electron chi connectivity index (χ0n) is 10.6. The van der Waals surface area contributed by atoms with Gasteiger partial charge < -0.3 is 10.1 Å². The zero-order chi connectivity index (χ0) is 14.4. The summed E-state index contributed by atoms with van der Waals surface area (Å²) in [6.45, 7) is 0.0945. The maximum atomic E-state index is 13.3. The minimum absolute atomic E-state index is 0.0945. The molecule has 2 rings (SSSR count). The third kappa shape index (κ3) is 3.96. The van der Waals surface area contributed by atoms with E-state index < -0.39 is 5.82 Å². The summed E-state index contributed by atoms with van der Waals surface area (Å²) in [5.74, 6) is -0.550. The van der Waals surface area contributed by atoms with Crippen LogP contribution in [0.1, 0.15) is 6.42 Å². The lowest BCUT2D eigenvalue weighted by atomic mass is 10.3. The van der Waals surface area contributed by atoms with Gasteiger partial charge in [0, 0.05) is 0 Å². The highest BCUT2D eigenvalue weighted by Crippen LogP contribution is 2.20. The second-order valence-corrected chi connectivity index (χ2v) is 4.46. The predicted octanol–water partition coefficient (Wildman–Crippen LogP) is 3.89. The molecular formula is C15H13ClFNO2. The lowest BCUT2D eigenvalue weighted by molar-refractivity contribution is -0.116. The van der Waals surface area contributed by atoms with Crippen molar-refractivity contribution in [2.75, 3.05) is 11.9 Å². The average molecular weight is 294 g/mol. The Labute approximate surface area is 121 Å². The molecule has 0 spiro atoms. The van der Waals surface area contributed by atoms with Crippen LogP contribution in [0.2, 0.25) is 5.02 Å². The van der Waals surface area contributed by atoms with Gasteiger partial charge in [-0.25, -0.2) is 4.39 Å². The van der Waals surface area contributed by atoms with Crippen molar-refractivity contribution in [1.29, 1.82) is 0 Å². The molecule has 0 atom stereocenters. The van der Waals surface area contributed by atoms with Crippen LogP contribution in [0.3, 0.4) is 0 Å². The van der Waals surface area contributed by atoms with Crippen molar-refractivity contribution in [2.45, 2.75) is 6.42 Å². The van der Waals surface area contributed by atoms with Gasteiger partial charge in [0.25, 0.3) is 0 Å². The number of carbonyl (C=O) groups excluding carboxylic acids is 1. The molecule has 0 aliphatic heterocycles. The van der Waals surface area contributed by atoms with Crippen LogP contribution < -0.4 is 10.1 Å². The number of ether oxygens (including phenoxy) is 1. The molecule has 0 aromatic heterocycles. The Bertz CT molecular complexity index is 604. The van der Waals surface area contributed by atoms with E-state index in [1.807, 2.05) is 0 Å². The van der Waals surface area contributed by atoms with Crippen molar-refractivity contribution in [3.8, 4) is 5.75 Å². The van der Waals surface area contributed by atoms with Gasteiger partial charge in [-0.1, -0.05) is 35.9 Å². The van der Waals surface area contributed by atoms with Crippen molar-refractivity contribution in [3.63, 3.8) is 0 Å². The van der Waals surface area contributed by atoms with Gasteiger partial charge in [0.1, 0.15) is 0 Å². The monoisotopic (exact) mass is 293 g/mol. The Morgan fingerprint density at radius 3 is 2.60 bits per heavy atom. The van der Waals surface area contributed by atoms with E-state index >= 15 is 0 Å². The first-order valence-corrected chi connectivity index (χ1v) is 6.46. The number of carbonyl (C=O) groups is 1. The maximum absolute atomic E-state index is 13.3. The molecule has 0 unspecified atom stereocenters. The van der Waals surface area contributed by atoms with E-state index in [-0.39, 0.29) is 24.7 Å². The predicted molar refractivity (Wildman–Crippen MR) is 76.6 cm³/mol. The quantitative estimate of drug-likeness (QED) is 0.908. The summed E-state index contributed by atoms with van der Waals surface area (Å²) in [7, 11) is 0. The van der Waals surface area contributed by atoms with Crippen molar-refractivity contribution in [2.24, 2.45) is 0 Å². The molecule has 0 bridgehead atoms. The lowest BCUT2D eigenvalue weighted by Gasteiger charge is -2.08. The SMILES string of the molecule is O=C(CCOc1ccccc1F)Nc1ccccc1Cl. The first-order chi connectivity index (χ1) is 9.66. The largest absolute Gasteiger partial charge is 0.490 e. The van der Waals surface area contributed by atoms with E-state index in [0.29, 0.717) is 10.7 Å². The van der Waals surface area contributed by atoms with Crippen LogP contribution in [0.15, 0.2) is 48.5 Å². The van der Waals surface area contributed by atoms with Gasteiger partial charge >= 0.3 is 0 Å². The van der Waals surface area contributed by atoms with Crippen LogP contribution in [-0.4, -0.2) is 12.5 Å². The van der Waals surface area contributed by atoms with E-state index in [4.69, 9.17) is 16.3 Å². The molecule has 104 valence electrons. The lowest BCUT2D eigenvalue weighted by Crippen LogP contribution is -2.15. The van der Waals surface area contributed by atoms with Crippen LogP contribution in [0.25, 0.3) is 0 Å². The molecule has 0 saturated heterocycles. The molecule has 1 N–H and O–H groups in total. The highest BCUT2D eigenvalue weighted by atomic mass is 35.5. The summed E-state index contributed by atoms with van der Waals surface area (Å²) in [4.78, 5) is 11.7. The first kappa shape index (κ1) is 14.3. The van der Waals surface area contributed by atoms with Gasteiger partial charge in [0.2, 0.25) is 5.91 Å². The Morgan fingerprint density at radius 1 is 1.15 bits per heavy atom. The van der Waals surface area contributed by atoms with Crippen molar-refractivity contribution < 1.29 is 13.9 Å². The smallest absolute Gasteiger partial charge is 0.227 e. The van der Waals surface area contributed by atoms with E-state index in [1.54, 1.807) is 36.4 Å². The fraction of sp³-hybridized carbons (Fsp3) is 0.133. The van der Waals surface area contributed by atoms with Gasteiger partial charge in [0.05, 0.1) is 23.7 Å². The van der Waals surface area contributed by atoms with Gasteiger partial charge in [-0.15, -0.1) is 0 Å². The average Bonchev–Trinajstić information content (AvgIpc) is 2.43. The second-order valence-electron chi connectivity index (χ2n) is 4.06. The molecule has 0 heterocycles. The Hall–Kier alpha value is -2.07. The minimum Gasteiger partial charge on any atom is -0.490 e. The van der Waals surface area contributed by atoms with Crippen molar-refractivity contribution >= 4 is 23.2 Å². The van der Waals surface area contributed by atoms with E-state index in [1.165, 1.54) is 12.1 Å². The van der Waals surface area contributed by atoms with Crippen LogP contribution in [0.4, 0.5) is 10.1 Å². The van der Waals surface area contributed by atoms with Crippen LogP contribution in [0, 0.1) is 5.82 Å². The van der Waals surface area contributed by atoms with Gasteiger partial charge in [-0.2, -0.15) is 0 Å². The zero-order valence-corrected chi connectivity index (χ0v) is 11.4. The van der Waals surface area contributed by atoms with E-state index in [0.717, 1.165) is 0 Å². The Balaban J connectivity index is 1.82. The van der Waals surface area contributed by atoms with Crippen molar-refractivity contribution in [3.05, 3.63) is 59.4 Å². The highest BCUT2D eigenvalue weighted by molar-refractivity contribution is 6.33.